The van der Waals surface area contributed by atoms with Gasteiger partial charge in [-0.2, -0.15) is 0 Å². The molecule has 0 aliphatic carbocycles. The molecule has 0 bridgehead atoms. The van der Waals surface area contributed by atoms with Crippen molar-refractivity contribution in [2.75, 3.05) is 25.6 Å². The van der Waals surface area contributed by atoms with Crippen LogP contribution >= 0.6 is 0 Å². The zero-order valence-corrected chi connectivity index (χ0v) is 10.1. The molecule has 1 atom stereocenters. The third-order valence-corrected chi connectivity index (χ3v) is 2.53. The lowest BCUT2D eigenvalue weighted by Crippen LogP contribution is -2.24. The largest absolute Gasteiger partial charge is 0.389 e. The molecule has 0 saturated carbocycles. The van der Waals surface area contributed by atoms with Crippen LogP contribution in [0.2, 0.25) is 0 Å². The second-order valence-corrected chi connectivity index (χ2v) is 4.02. The average molecular weight is 250 g/mol. The van der Waals surface area contributed by atoms with Crippen molar-refractivity contribution < 1.29 is 14.2 Å². The molecule has 0 fully saturated rings. The number of aromatic nitrogens is 1. The van der Waals surface area contributed by atoms with Gasteiger partial charge in [-0.1, -0.05) is 0 Å². The Hall–Kier alpha value is -1.72. The molecule has 0 amide bonds. The van der Waals surface area contributed by atoms with Gasteiger partial charge in [0.2, 0.25) is 0 Å². The molecule has 1 aromatic heterocycles. The smallest absolute Gasteiger partial charge is 0.126 e. The Bertz CT molecular complexity index is 533. The second-order valence-electron chi connectivity index (χ2n) is 4.02. The summed E-state index contributed by atoms with van der Waals surface area (Å²) in [6, 6.07) is 8.11. The molecule has 0 saturated heterocycles. The maximum Gasteiger partial charge on any atom is 0.126 e. The van der Waals surface area contributed by atoms with E-state index in [0.29, 0.717) is 17.9 Å². The van der Waals surface area contributed by atoms with Crippen LogP contribution in [-0.2, 0) is 4.74 Å². The Balaban J connectivity index is 2.09. The number of benzene rings is 1. The monoisotopic (exact) mass is 250 g/mol. The summed E-state index contributed by atoms with van der Waals surface area (Å²) in [4.78, 5) is 4.27. The number of aliphatic hydroxyl groups excluding tert-OH is 1. The minimum Gasteiger partial charge on any atom is -0.389 e. The predicted molar refractivity (Wildman–Crippen MR) is 68.1 cm³/mol. The third kappa shape index (κ3) is 3.15. The normalized spacial score (nSPS) is 12.6. The molecule has 0 radical (unpaired) electrons. The first-order chi connectivity index (χ1) is 8.69. The van der Waals surface area contributed by atoms with Gasteiger partial charge in [0.05, 0.1) is 18.2 Å². The van der Waals surface area contributed by atoms with Crippen molar-refractivity contribution in [3.63, 3.8) is 0 Å². The quantitative estimate of drug-likeness (QED) is 0.849. The highest BCUT2D eigenvalue weighted by atomic mass is 19.1. The fourth-order valence-electron chi connectivity index (χ4n) is 1.66. The summed E-state index contributed by atoms with van der Waals surface area (Å²) in [7, 11) is 1.53. The first-order valence-electron chi connectivity index (χ1n) is 5.66. The molecule has 2 N–H and O–H groups in total. The van der Waals surface area contributed by atoms with Crippen LogP contribution in [0.4, 0.5) is 10.2 Å². The van der Waals surface area contributed by atoms with E-state index in [2.05, 4.69) is 10.3 Å². The van der Waals surface area contributed by atoms with Gasteiger partial charge in [-0.05, 0) is 24.3 Å². The van der Waals surface area contributed by atoms with E-state index in [1.807, 2.05) is 6.07 Å². The summed E-state index contributed by atoms with van der Waals surface area (Å²) in [6.07, 6.45) is -0.597. The molecule has 0 aliphatic heterocycles. The van der Waals surface area contributed by atoms with E-state index in [9.17, 15) is 9.50 Å². The standard InChI is InChI=1S/C13H15FN2O2/c1-18-8-11(17)7-15-13-5-3-9-2-4-10(14)6-12(9)16-13/h2-6,11,17H,7-8H2,1H3,(H,15,16)/t11-/m1/s1. The van der Waals surface area contributed by atoms with Crippen molar-refractivity contribution in [1.29, 1.82) is 0 Å². The zero-order valence-electron chi connectivity index (χ0n) is 10.1. The van der Waals surface area contributed by atoms with Gasteiger partial charge in [0, 0.05) is 25.1 Å². The van der Waals surface area contributed by atoms with Gasteiger partial charge in [-0.15, -0.1) is 0 Å². The maximum atomic E-state index is 13.1. The van der Waals surface area contributed by atoms with E-state index in [1.165, 1.54) is 19.2 Å². The average Bonchev–Trinajstić information content (AvgIpc) is 2.36. The molecule has 0 unspecified atom stereocenters. The van der Waals surface area contributed by atoms with E-state index in [1.54, 1.807) is 12.1 Å². The minimum absolute atomic E-state index is 0.259. The molecule has 5 heteroatoms. The van der Waals surface area contributed by atoms with Gasteiger partial charge < -0.3 is 15.2 Å². The Labute approximate surface area is 104 Å². The Morgan fingerprint density at radius 2 is 2.17 bits per heavy atom. The van der Waals surface area contributed by atoms with E-state index in [0.717, 1.165) is 5.39 Å². The summed E-state index contributed by atoms with van der Waals surface area (Å²) in [5.74, 6) is 0.287. The first kappa shape index (κ1) is 12.7. The van der Waals surface area contributed by atoms with Gasteiger partial charge in [0.15, 0.2) is 0 Å². The van der Waals surface area contributed by atoms with Gasteiger partial charge in [-0.25, -0.2) is 9.37 Å². The molecule has 2 aromatic rings. The number of hydrogen-bond acceptors (Lipinski definition) is 4. The number of anilines is 1. The van der Waals surface area contributed by atoms with E-state index in [-0.39, 0.29) is 12.4 Å². The van der Waals surface area contributed by atoms with Crippen LogP contribution in [0.25, 0.3) is 10.9 Å². The molecular formula is C13H15FN2O2. The number of methoxy groups -OCH3 is 1. The zero-order chi connectivity index (χ0) is 13.0. The number of fused-ring (bicyclic) bond motifs is 1. The molecule has 4 nitrogen and oxygen atoms in total. The van der Waals surface area contributed by atoms with Crippen molar-refractivity contribution in [2.24, 2.45) is 0 Å². The Kier molecular flexibility index (Phi) is 4.07. The molecule has 18 heavy (non-hydrogen) atoms. The lowest BCUT2D eigenvalue weighted by atomic mass is 10.2. The molecule has 0 spiro atoms. The molecule has 96 valence electrons. The Morgan fingerprint density at radius 1 is 1.39 bits per heavy atom. The van der Waals surface area contributed by atoms with Gasteiger partial charge in [0.1, 0.15) is 11.6 Å². The summed E-state index contributed by atoms with van der Waals surface area (Å²) < 4.78 is 17.9. The van der Waals surface area contributed by atoms with Crippen LogP contribution in [0.5, 0.6) is 0 Å². The van der Waals surface area contributed by atoms with Crippen LogP contribution in [0, 0.1) is 5.82 Å². The third-order valence-electron chi connectivity index (χ3n) is 2.53. The number of rotatable bonds is 5. The Morgan fingerprint density at radius 3 is 2.94 bits per heavy atom. The number of pyridine rings is 1. The molecule has 1 aromatic carbocycles. The summed E-state index contributed by atoms with van der Waals surface area (Å²) in [6.45, 7) is 0.594. The predicted octanol–water partition coefficient (Wildman–Crippen LogP) is 1.79. The topological polar surface area (TPSA) is 54.4 Å². The summed E-state index contributed by atoms with van der Waals surface area (Å²) in [5.41, 5.74) is 0.584. The second kappa shape index (κ2) is 5.75. The van der Waals surface area contributed by atoms with Gasteiger partial charge >= 0.3 is 0 Å². The van der Waals surface area contributed by atoms with Crippen molar-refractivity contribution in [3.8, 4) is 0 Å². The fourth-order valence-corrected chi connectivity index (χ4v) is 1.66. The number of nitrogens with one attached hydrogen (secondary N) is 1. The van der Waals surface area contributed by atoms with Crippen molar-refractivity contribution in [3.05, 3.63) is 36.1 Å². The van der Waals surface area contributed by atoms with E-state index < -0.39 is 6.10 Å². The van der Waals surface area contributed by atoms with Crippen LogP contribution in [0.1, 0.15) is 0 Å². The van der Waals surface area contributed by atoms with Crippen LogP contribution in [-0.4, -0.2) is 36.5 Å². The van der Waals surface area contributed by atoms with Crippen LogP contribution in [0.3, 0.4) is 0 Å². The van der Waals surface area contributed by atoms with Crippen molar-refractivity contribution >= 4 is 16.7 Å². The van der Waals surface area contributed by atoms with Crippen molar-refractivity contribution in [1.82, 2.24) is 4.98 Å². The number of hydrogen-bond donors (Lipinski definition) is 2. The van der Waals surface area contributed by atoms with Gasteiger partial charge in [-0.3, -0.25) is 0 Å². The SMILES string of the molecule is COC[C@H](O)CNc1ccc2ccc(F)cc2n1. The number of aliphatic hydroxyl groups is 1. The van der Waals surface area contributed by atoms with E-state index >= 15 is 0 Å². The fraction of sp³-hybridized carbons (Fsp3) is 0.308. The highest BCUT2D eigenvalue weighted by Gasteiger charge is 2.04. The van der Waals surface area contributed by atoms with Gasteiger partial charge in [0.25, 0.3) is 0 Å². The molecular weight excluding hydrogens is 235 g/mol. The minimum atomic E-state index is -0.597. The molecule has 0 aliphatic rings. The highest BCUT2D eigenvalue weighted by Crippen LogP contribution is 2.16. The number of halogens is 1. The highest BCUT2D eigenvalue weighted by molar-refractivity contribution is 5.80. The van der Waals surface area contributed by atoms with Crippen molar-refractivity contribution in [2.45, 2.75) is 6.10 Å². The van der Waals surface area contributed by atoms with E-state index in [4.69, 9.17) is 4.74 Å². The molecule has 2 rings (SSSR count). The van der Waals surface area contributed by atoms with Crippen LogP contribution in [0.15, 0.2) is 30.3 Å². The maximum absolute atomic E-state index is 13.1. The lowest BCUT2D eigenvalue weighted by molar-refractivity contribution is 0.0727. The van der Waals surface area contributed by atoms with Crippen LogP contribution < -0.4 is 5.32 Å². The number of ether oxygens (including phenoxy) is 1. The summed E-state index contributed by atoms with van der Waals surface area (Å²) in [5, 5.41) is 13.3. The summed E-state index contributed by atoms with van der Waals surface area (Å²) >= 11 is 0. The lowest BCUT2D eigenvalue weighted by Gasteiger charge is -2.11. The number of nitrogens with zero attached hydrogens (tertiary/aromatic N) is 1. The first-order valence-corrected chi connectivity index (χ1v) is 5.66. The molecule has 1 heterocycles.